The summed E-state index contributed by atoms with van der Waals surface area (Å²) in [6, 6.07) is 10.5. The van der Waals surface area contributed by atoms with Gasteiger partial charge in [-0.15, -0.1) is 0 Å². The topological polar surface area (TPSA) is 20.2 Å². The Kier molecular flexibility index (Phi) is 3.10. The van der Waals surface area contributed by atoms with E-state index in [1.807, 2.05) is 18.2 Å². The van der Waals surface area contributed by atoms with Gasteiger partial charge in [0.1, 0.15) is 5.76 Å². The fourth-order valence-electron chi connectivity index (χ4n) is 2.64. The number of aliphatic hydroxyl groups excluding tert-OH is 1. The summed E-state index contributed by atoms with van der Waals surface area (Å²) in [5.41, 5.74) is 1.29. The Bertz CT molecular complexity index is 476. The second kappa shape index (κ2) is 4.31. The van der Waals surface area contributed by atoms with Crippen LogP contribution in [0.5, 0.6) is 0 Å². The predicted molar refractivity (Wildman–Crippen MR) is 76.6 cm³/mol. The third-order valence-electron chi connectivity index (χ3n) is 4.33. The monoisotopic (exact) mass is 242 g/mol. The fraction of sp³-hybridized carbons (Fsp3) is 0.412. The molecule has 0 saturated heterocycles. The van der Waals surface area contributed by atoms with Crippen LogP contribution >= 0.6 is 0 Å². The molecule has 0 aromatic heterocycles. The van der Waals surface area contributed by atoms with Gasteiger partial charge >= 0.3 is 0 Å². The molecule has 0 radical (unpaired) electrons. The van der Waals surface area contributed by atoms with E-state index in [-0.39, 0.29) is 10.8 Å². The highest BCUT2D eigenvalue weighted by Crippen LogP contribution is 2.52. The minimum absolute atomic E-state index is 0.0756. The number of rotatable bonds is 1. The first-order valence-corrected chi connectivity index (χ1v) is 6.49. The van der Waals surface area contributed by atoms with Crippen LogP contribution < -0.4 is 0 Å². The average molecular weight is 242 g/mol. The van der Waals surface area contributed by atoms with E-state index in [0.717, 1.165) is 0 Å². The van der Waals surface area contributed by atoms with Gasteiger partial charge in [-0.25, -0.2) is 0 Å². The molecule has 1 heteroatoms. The molecule has 0 saturated carbocycles. The van der Waals surface area contributed by atoms with Crippen molar-refractivity contribution in [2.45, 2.75) is 33.6 Å². The molecule has 0 aliphatic heterocycles. The summed E-state index contributed by atoms with van der Waals surface area (Å²) in [6.45, 7) is 8.91. The molecule has 2 rings (SSSR count). The highest BCUT2D eigenvalue weighted by Gasteiger charge is 2.43. The zero-order valence-electron chi connectivity index (χ0n) is 11.6. The van der Waals surface area contributed by atoms with Crippen LogP contribution in [-0.2, 0) is 0 Å². The lowest BCUT2D eigenvalue weighted by molar-refractivity contribution is 0.140. The fourth-order valence-corrected chi connectivity index (χ4v) is 2.64. The van der Waals surface area contributed by atoms with Crippen LogP contribution in [0.4, 0.5) is 0 Å². The highest BCUT2D eigenvalue weighted by atomic mass is 16.3. The molecule has 2 unspecified atom stereocenters. The minimum Gasteiger partial charge on any atom is -0.508 e. The quantitative estimate of drug-likeness (QED) is 0.747. The smallest absolute Gasteiger partial charge is 0.111 e. The standard InChI is InChI=1S/C17H22O/c1-16(2,3)17(4)12-14(18)10-11-15(17)13-8-6-5-7-9-13/h5-12,15,18H,1-4H3. The van der Waals surface area contributed by atoms with E-state index in [9.17, 15) is 5.11 Å². The molecule has 18 heavy (non-hydrogen) atoms. The number of hydrogen-bond donors (Lipinski definition) is 1. The lowest BCUT2D eigenvalue weighted by Crippen LogP contribution is -2.37. The second-order valence-corrected chi connectivity index (χ2v) is 6.35. The normalized spacial score (nSPS) is 28.0. The van der Waals surface area contributed by atoms with Crippen molar-refractivity contribution >= 4 is 0 Å². The van der Waals surface area contributed by atoms with Crippen molar-refractivity contribution in [1.29, 1.82) is 0 Å². The van der Waals surface area contributed by atoms with E-state index in [1.165, 1.54) is 5.56 Å². The van der Waals surface area contributed by atoms with E-state index in [4.69, 9.17) is 0 Å². The Labute approximate surface area is 110 Å². The first-order chi connectivity index (χ1) is 8.34. The van der Waals surface area contributed by atoms with Gasteiger partial charge in [0.2, 0.25) is 0 Å². The van der Waals surface area contributed by atoms with E-state index in [0.29, 0.717) is 11.7 Å². The van der Waals surface area contributed by atoms with E-state index < -0.39 is 0 Å². The summed E-state index contributed by atoms with van der Waals surface area (Å²) in [5.74, 6) is 0.675. The van der Waals surface area contributed by atoms with Crippen LogP contribution in [0.15, 0.2) is 54.3 Å². The van der Waals surface area contributed by atoms with Crippen molar-refractivity contribution < 1.29 is 5.11 Å². The Hall–Kier alpha value is -1.50. The summed E-state index contributed by atoms with van der Waals surface area (Å²) in [5, 5.41) is 9.85. The summed E-state index contributed by atoms with van der Waals surface area (Å²) < 4.78 is 0. The maximum Gasteiger partial charge on any atom is 0.111 e. The van der Waals surface area contributed by atoms with Crippen molar-refractivity contribution in [3.05, 3.63) is 59.9 Å². The number of allylic oxidation sites excluding steroid dienone is 3. The van der Waals surface area contributed by atoms with Gasteiger partial charge in [0, 0.05) is 11.3 Å². The van der Waals surface area contributed by atoms with Gasteiger partial charge in [0.15, 0.2) is 0 Å². The molecule has 0 heterocycles. The van der Waals surface area contributed by atoms with E-state index in [2.05, 4.69) is 58.0 Å². The Morgan fingerprint density at radius 3 is 2.28 bits per heavy atom. The first-order valence-electron chi connectivity index (χ1n) is 6.49. The molecule has 1 N–H and O–H groups in total. The van der Waals surface area contributed by atoms with Gasteiger partial charge in [-0.1, -0.05) is 64.1 Å². The van der Waals surface area contributed by atoms with Gasteiger partial charge in [-0.2, -0.15) is 0 Å². The summed E-state index contributed by atoms with van der Waals surface area (Å²) in [7, 11) is 0. The summed E-state index contributed by atoms with van der Waals surface area (Å²) in [4.78, 5) is 0. The Balaban J connectivity index is 2.50. The van der Waals surface area contributed by atoms with Crippen LogP contribution in [0.2, 0.25) is 0 Å². The molecule has 0 fully saturated rings. The first kappa shape index (κ1) is 12.9. The molecule has 0 bridgehead atoms. The molecule has 1 aliphatic carbocycles. The molecule has 0 amide bonds. The zero-order chi connectivity index (χ0) is 13.4. The van der Waals surface area contributed by atoms with Crippen LogP contribution in [0.3, 0.4) is 0 Å². The molecule has 1 aliphatic rings. The molecule has 0 spiro atoms. The summed E-state index contributed by atoms with van der Waals surface area (Å²) in [6.07, 6.45) is 5.94. The molecular formula is C17H22O. The Morgan fingerprint density at radius 2 is 1.72 bits per heavy atom. The van der Waals surface area contributed by atoms with Crippen LogP contribution in [0, 0.1) is 10.8 Å². The number of aliphatic hydroxyl groups is 1. The molecular weight excluding hydrogens is 220 g/mol. The molecule has 1 aromatic rings. The van der Waals surface area contributed by atoms with E-state index >= 15 is 0 Å². The van der Waals surface area contributed by atoms with Crippen LogP contribution in [-0.4, -0.2) is 5.11 Å². The third-order valence-corrected chi connectivity index (χ3v) is 4.33. The molecule has 1 nitrogen and oxygen atoms in total. The second-order valence-electron chi connectivity index (χ2n) is 6.35. The molecule has 96 valence electrons. The summed E-state index contributed by atoms with van der Waals surface area (Å²) >= 11 is 0. The average Bonchev–Trinajstić information content (AvgIpc) is 2.28. The van der Waals surface area contributed by atoms with Gasteiger partial charge < -0.3 is 5.11 Å². The minimum atomic E-state index is -0.0901. The SMILES string of the molecule is CC(C)(C)C1(C)C=C(O)C=CC1c1ccccc1. The van der Waals surface area contributed by atoms with Crippen molar-refractivity contribution in [3.8, 4) is 0 Å². The lowest BCUT2D eigenvalue weighted by atomic mass is 9.58. The lowest BCUT2D eigenvalue weighted by Gasteiger charge is -2.46. The Morgan fingerprint density at radius 1 is 1.11 bits per heavy atom. The van der Waals surface area contributed by atoms with Crippen molar-refractivity contribution in [3.63, 3.8) is 0 Å². The predicted octanol–water partition coefficient (Wildman–Crippen LogP) is 4.83. The number of hydrogen-bond acceptors (Lipinski definition) is 1. The molecule has 1 aromatic carbocycles. The van der Waals surface area contributed by atoms with Crippen molar-refractivity contribution in [2.24, 2.45) is 10.8 Å². The maximum atomic E-state index is 9.85. The van der Waals surface area contributed by atoms with Gasteiger partial charge in [-0.05, 0) is 23.1 Å². The number of benzene rings is 1. The van der Waals surface area contributed by atoms with Crippen LogP contribution in [0.1, 0.15) is 39.2 Å². The maximum absolute atomic E-state index is 9.85. The third kappa shape index (κ3) is 2.10. The zero-order valence-corrected chi connectivity index (χ0v) is 11.6. The van der Waals surface area contributed by atoms with E-state index in [1.54, 1.807) is 0 Å². The van der Waals surface area contributed by atoms with Crippen molar-refractivity contribution in [2.75, 3.05) is 0 Å². The highest BCUT2D eigenvalue weighted by molar-refractivity contribution is 5.36. The largest absolute Gasteiger partial charge is 0.508 e. The van der Waals surface area contributed by atoms with Gasteiger partial charge in [0.25, 0.3) is 0 Å². The van der Waals surface area contributed by atoms with Crippen LogP contribution in [0.25, 0.3) is 0 Å². The molecule has 2 atom stereocenters. The van der Waals surface area contributed by atoms with Gasteiger partial charge in [-0.3, -0.25) is 0 Å². The van der Waals surface area contributed by atoms with Crippen molar-refractivity contribution in [1.82, 2.24) is 0 Å². The van der Waals surface area contributed by atoms with Gasteiger partial charge in [0.05, 0.1) is 0 Å².